The minimum Gasteiger partial charge on any atom is -0.305 e. The average Bonchev–Trinajstić information content (AvgIpc) is 2.48. The molecule has 18 heavy (non-hydrogen) atoms. The van der Waals surface area contributed by atoms with Gasteiger partial charge < -0.3 is 4.90 Å². The minimum atomic E-state index is -0.382. The van der Waals surface area contributed by atoms with E-state index in [9.17, 15) is 5.26 Å². The third-order valence-electron chi connectivity index (χ3n) is 3.90. The predicted octanol–water partition coefficient (Wildman–Crippen LogP) is 1.29. The molecule has 1 aliphatic rings. The summed E-state index contributed by atoms with van der Waals surface area (Å²) >= 11 is 0. The Morgan fingerprint density at radius 2 is 2.17 bits per heavy atom. The molecule has 0 aliphatic carbocycles. The minimum absolute atomic E-state index is 0.382. The van der Waals surface area contributed by atoms with Crippen LogP contribution in [0.25, 0.3) is 0 Å². The molecule has 0 saturated carbocycles. The topological polar surface area (TPSA) is 42.3 Å². The zero-order chi connectivity index (χ0) is 13.6. The molecule has 0 aromatic rings. The Bertz CT molecular complexity index is 286. The van der Waals surface area contributed by atoms with Crippen molar-refractivity contribution in [1.82, 2.24) is 15.1 Å². The van der Waals surface area contributed by atoms with Crippen LogP contribution in [-0.4, -0.2) is 61.2 Å². The highest BCUT2D eigenvalue weighted by Gasteiger charge is 2.26. The van der Waals surface area contributed by atoms with Crippen molar-refractivity contribution in [3.05, 3.63) is 0 Å². The number of hydrogen-bond acceptors (Lipinski definition) is 4. The van der Waals surface area contributed by atoms with Gasteiger partial charge in [-0.15, -0.1) is 0 Å². The van der Waals surface area contributed by atoms with Crippen molar-refractivity contribution in [3.63, 3.8) is 0 Å². The van der Waals surface area contributed by atoms with Crippen molar-refractivity contribution in [1.29, 1.82) is 5.26 Å². The molecular weight excluding hydrogens is 224 g/mol. The second kappa shape index (κ2) is 7.08. The molecule has 0 aromatic heterocycles. The first-order valence-electron chi connectivity index (χ1n) is 7.09. The molecule has 1 heterocycles. The molecule has 1 N–H and O–H groups in total. The zero-order valence-electron chi connectivity index (χ0n) is 12.4. The second-order valence-corrected chi connectivity index (χ2v) is 5.73. The van der Waals surface area contributed by atoms with E-state index in [1.807, 2.05) is 6.92 Å². The molecule has 104 valence electrons. The summed E-state index contributed by atoms with van der Waals surface area (Å²) in [6.07, 6.45) is 2.12. The Hall–Kier alpha value is -0.630. The standard InChI is InChI=1S/C14H28N4/c1-5-16-14(3,12-15)7-10-18-9-6-8-17(4)11-13(18)2/h13,16H,5-11H2,1-4H3. The number of likely N-dealkylation sites (N-methyl/N-ethyl adjacent to an activating group) is 1. The monoisotopic (exact) mass is 252 g/mol. The Kier molecular flexibility index (Phi) is 6.07. The summed E-state index contributed by atoms with van der Waals surface area (Å²) < 4.78 is 0. The van der Waals surface area contributed by atoms with Crippen LogP contribution < -0.4 is 5.32 Å². The van der Waals surface area contributed by atoms with Crippen LogP contribution in [0.15, 0.2) is 0 Å². The molecule has 0 amide bonds. The lowest BCUT2D eigenvalue weighted by Gasteiger charge is -2.31. The molecule has 4 heteroatoms. The number of nitriles is 1. The van der Waals surface area contributed by atoms with Gasteiger partial charge in [0, 0.05) is 19.1 Å². The average molecular weight is 252 g/mol. The molecule has 2 unspecified atom stereocenters. The molecule has 1 saturated heterocycles. The first kappa shape index (κ1) is 15.4. The van der Waals surface area contributed by atoms with Gasteiger partial charge in [0.1, 0.15) is 5.54 Å². The maximum Gasteiger partial charge on any atom is 0.105 e. The Balaban J connectivity index is 2.48. The van der Waals surface area contributed by atoms with Gasteiger partial charge in [0.25, 0.3) is 0 Å². The Morgan fingerprint density at radius 3 is 2.78 bits per heavy atom. The first-order chi connectivity index (χ1) is 8.50. The fraction of sp³-hybridized carbons (Fsp3) is 0.929. The van der Waals surface area contributed by atoms with Crippen LogP contribution in [0.5, 0.6) is 0 Å². The SMILES string of the molecule is CCNC(C)(C#N)CCN1CCCN(C)CC1C. The number of rotatable bonds is 5. The summed E-state index contributed by atoms with van der Waals surface area (Å²) in [5.74, 6) is 0. The van der Waals surface area contributed by atoms with E-state index in [4.69, 9.17) is 0 Å². The summed E-state index contributed by atoms with van der Waals surface area (Å²) in [5, 5.41) is 12.6. The molecule has 2 atom stereocenters. The molecule has 0 bridgehead atoms. The van der Waals surface area contributed by atoms with Gasteiger partial charge in [0.15, 0.2) is 0 Å². The van der Waals surface area contributed by atoms with Crippen LogP contribution in [0, 0.1) is 11.3 Å². The van der Waals surface area contributed by atoms with Gasteiger partial charge in [-0.05, 0) is 53.4 Å². The molecule has 0 aromatic carbocycles. The van der Waals surface area contributed by atoms with Crippen molar-refractivity contribution in [2.45, 2.75) is 45.2 Å². The summed E-state index contributed by atoms with van der Waals surface area (Å²) in [7, 11) is 2.19. The van der Waals surface area contributed by atoms with Crippen molar-refractivity contribution in [2.75, 3.05) is 39.8 Å². The maximum absolute atomic E-state index is 9.27. The number of nitrogens with one attached hydrogen (secondary N) is 1. The van der Waals surface area contributed by atoms with Crippen molar-refractivity contribution < 1.29 is 0 Å². The van der Waals surface area contributed by atoms with E-state index in [0.29, 0.717) is 6.04 Å². The molecule has 1 rings (SSSR count). The van der Waals surface area contributed by atoms with E-state index in [1.165, 1.54) is 13.0 Å². The quantitative estimate of drug-likeness (QED) is 0.801. The summed E-state index contributed by atoms with van der Waals surface area (Å²) in [6, 6.07) is 3.00. The smallest absolute Gasteiger partial charge is 0.105 e. The molecule has 4 nitrogen and oxygen atoms in total. The fourth-order valence-corrected chi connectivity index (χ4v) is 2.70. The lowest BCUT2D eigenvalue weighted by Crippen LogP contribution is -2.46. The van der Waals surface area contributed by atoms with Gasteiger partial charge in [0.2, 0.25) is 0 Å². The molecule has 1 aliphatic heterocycles. The van der Waals surface area contributed by atoms with Crippen LogP contribution in [0.2, 0.25) is 0 Å². The summed E-state index contributed by atoms with van der Waals surface area (Å²) in [6.45, 7) is 11.7. The normalized spacial score (nSPS) is 26.3. The van der Waals surface area contributed by atoms with Crippen molar-refractivity contribution >= 4 is 0 Å². The van der Waals surface area contributed by atoms with E-state index >= 15 is 0 Å². The van der Waals surface area contributed by atoms with Crippen LogP contribution in [0.4, 0.5) is 0 Å². The van der Waals surface area contributed by atoms with E-state index in [1.54, 1.807) is 0 Å². The maximum atomic E-state index is 9.27. The van der Waals surface area contributed by atoms with Crippen molar-refractivity contribution in [3.8, 4) is 6.07 Å². The molecule has 1 fully saturated rings. The Labute approximate surface area is 112 Å². The Morgan fingerprint density at radius 1 is 1.44 bits per heavy atom. The highest BCUT2D eigenvalue weighted by Crippen LogP contribution is 2.14. The van der Waals surface area contributed by atoms with E-state index in [0.717, 1.165) is 32.6 Å². The second-order valence-electron chi connectivity index (χ2n) is 5.73. The largest absolute Gasteiger partial charge is 0.305 e. The third kappa shape index (κ3) is 4.56. The van der Waals surface area contributed by atoms with Crippen LogP contribution in [-0.2, 0) is 0 Å². The van der Waals surface area contributed by atoms with Gasteiger partial charge in [-0.2, -0.15) is 5.26 Å². The molecule has 0 radical (unpaired) electrons. The van der Waals surface area contributed by atoms with E-state index in [-0.39, 0.29) is 5.54 Å². The number of nitrogens with zero attached hydrogens (tertiary/aromatic N) is 3. The fourth-order valence-electron chi connectivity index (χ4n) is 2.70. The lowest BCUT2D eigenvalue weighted by molar-refractivity contribution is 0.187. The zero-order valence-corrected chi connectivity index (χ0v) is 12.4. The third-order valence-corrected chi connectivity index (χ3v) is 3.90. The van der Waals surface area contributed by atoms with Gasteiger partial charge in [-0.25, -0.2) is 0 Å². The predicted molar refractivity (Wildman–Crippen MR) is 75.5 cm³/mol. The number of hydrogen-bond donors (Lipinski definition) is 1. The van der Waals surface area contributed by atoms with Gasteiger partial charge in [-0.3, -0.25) is 10.2 Å². The summed E-state index contributed by atoms with van der Waals surface area (Å²) in [4.78, 5) is 4.93. The van der Waals surface area contributed by atoms with Crippen LogP contribution in [0.1, 0.15) is 33.6 Å². The van der Waals surface area contributed by atoms with Gasteiger partial charge in [0.05, 0.1) is 6.07 Å². The lowest BCUT2D eigenvalue weighted by atomic mass is 9.99. The highest BCUT2D eigenvalue weighted by atomic mass is 15.2. The molecular formula is C14H28N4. The van der Waals surface area contributed by atoms with Gasteiger partial charge >= 0.3 is 0 Å². The van der Waals surface area contributed by atoms with E-state index in [2.05, 4.69) is 42.1 Å². The van der Waals surface area contributed by atoms with Crippen LogP contribution in [0.3, 0.4) is 0 Å². The van der Waals surface area contributed by atoms with E-state index < -0.39 is 0 Å². The first-order valence-corrected chi connectivity index (χ1v) is 7.09. The van der Waals surface area contributed by atoms with Crippen LogP contribution >= 0.6 is 0 Å². The highest BCUT2D eigenvalue weighted by molar-refractivity contribution is 5.04. The van der Waals surface area contributed by atoms with Crippen molar-refractivity contribution in [2.24, 2.45) is 0 Å². The summed E-state index contributed by atoms with van der Waals surface area (Å²) in [5.41, 5.74) is -0.382. The van der Waals surface area contributed by atoms with Gasteiger partial charge in [-0.1, -0.05) is 6.92 Å². The molecule has 0 spiro atoms.